The zero-order valence-corrected chi connectivity index (χ0v) is 26.8. The van der Waals surface area contributed by atoms with Gasteiger partial charge >= 0.3 is 0 Å². The summed E-state index contributed by atoms with van der Waals surface area (Å²) >= 11 is 0. The second-order valence-corrected chi connectivity index (χ2v) is 11.7. The van der Waals surface area contributed by atoms with E-state index in [0.717, 1.165) is 27.3 Å². The van der Waals surface area contributed by atoms with Crippen LogP contribution in [0, 0.1) is 0 Å². The highest BCUT2D eigenvalue weighted by Crippen LogP contribution is 2.39. The number of rotatable bonds is 7. The first-order valence-corrected chi connectivity index (χ1v) is 16.1. The molecule has 0 saturated heterocycles. The van der Waals surface area contributed by atoms with Crippen LogP contribution in [0.2, 0.25) is 0 Å². The maximum Gasteiger partial charge on any atom is 0.0651 e. The number of fused-ring (bicyclic) bond motifs is 2. The number of hydrogen-bond acceptors (Lipinski definition) is 1. The lowest BCUT2D eigenvalue weighted by atomic mass is 9.97. The Morgan fingerprint density at radius 1 is 0.333 bits per heavy atom. The van der Waals surface area contributed by atoms with Gasteiger partial charge in [-0.05, 0) is 108 Å². The highest BCUT2D eigenvalue weighted by atomic mass is 15.1. The number of anilines is 3. The summed E-state index contributed by atoms with van der Waals surface area (Å²) in [5.41, 5.74) is -1.21. The molecule has 0 heterocycles. The van der Waals surface area contributed by atoms with Gasteiger partial charge in [-0.3, -0.25) is 0 Å². The Morgan fingerprint density at radius 2 is 0.922 bits per heavy atom. The molecular formula is C50H35N. The Kier molecular flexibility index (Phi) is 4.51. The predicted molar refractivity (Wildman–Crippen MR) is 218 cm³/mol. The zero-order valence-electron chi connectivity index (χ0n) is 43.8. The molecule has 0 atom stereocenters. The van der Waals surface area contributed by atoms with Gasteiger partial charge < -0.3 is 4.90 Å². The van der Waals surface area contributed by atoms with Crippen LogP contribution in [-0.2, 0) is 0 Å². The fourth-order valence-electron chi connectivity index (χ4n) is 6.05. The lowest BCUT2D eigenvalue weighted by Gasteiger charge is -2.26. The van der Waals surface area contributed by atoms with Crippen molar-refractivity contribution >= 4 is 38.6 Å². The molecule has 0 spiro atoms. The molecule has 0 bridgehead atoms. The van der Waals surface area contributed by atoms with Crippen molar-refractivity contribution in [2.24, 2.45) is 0 Å². The van der Waals surface area contributed by atoms with Crippen molar-refractivity contribution in [2.45, 2.75) is 0 Å². The van der Waals surface area contributed by atoms with E-state index in [1.54, 1.807) is 48.5 Å². The molecule has 9 aromatic carbocycles. The van der Waals surface area contributed by atoms with Crippen LogP contribution in [0.15, 0.2) is 212 Å². The van der Waals surface area contributed by atoms with Gasteiger partial charge in [0.1, 0.15) is 0 Å². The van der Waals surface area contributed by atoms with Crippen LogP contribution in [-0.4, -0.2) is 0 Å². The first-order valence-electron chi connectivity index (χ1n) is 24.6. The molecule has 9 aromatic rings. The first-order chi connectivity index (χ1) is 32.4. The summed E-state index contributed by atoms with van der Waals surface area (Å²) < 4.78 is 152. The highest BCUT2D eigenvalue weighted by Gasteiger charge is 2.15. The third kappa shape index (κ3) is 6.07. The molecule has 0 aliphatic carbocycles. The van der Waals surface area contributed by atoms with E-state index in [-0.39, 0.29) is 16.9 Å². The van der Waals surface area contributed by atoms with Gasteiger partial charge in [0.05, 0.1) is 23.3 Å². The van der Waals surface area contributed by atoms with E-state index >= 15 is 0 Å². The summed E-state index contributed by atoms with van der Waals surface area (Å²) in [6.45, 7) is 0. The van der Waals surface area contributed by atoms with Gasteiger partial charge in [-0.15, -0.1) is 0 Å². The van der Waals surface area contributed by atoms with Crippen LogP contribution in [0.5, 0.6) is 0 Å². The van der Waals surface area contributed by atoms with Crippen molar-refractivity contribution in [3.8, 4) is 44.5 Å². The van der Waals surface area contributed by atoms with E-state index in [1.165, 1.54) is 4.90 Å². The minimum Gasteiger partial charge on any atom is -0.310 e. The van der Waals surface area contributed by atoms with E-state index in [2.05, 4.69) is 0 Å². The van der Waals surface area contributed by atoms with Gasteiger partial charge in [0.15, 0.2) is 0 Å². The fraction of sp³-hybridized carbons (Fsp3) is 0. The van der Waals surface area contributed by atoms with Crippen LogP contribution < -0.4 is 4.90 Å². The predicted octanol–water partition coefficient (Wildman–Crippen LogP) is 14.1. The van der Waals surface area contributed by atoms with Crippen LogP contribution in [0.4, 0.5) is 17.1 Å². The lowest BCUT2D eigenvalue weighted by Crippen LogP contribution is -2.10. The van der Waals surface area contributed by atoms with E-state index in [9.17, 15) is 8.22 Å². The average Bonchev–Trinajstić information content (AvgIpc) is 3.34. The van der Waals surface area contributed by atoms with E-state index < -0.39 is 131 Å². The minimum atomic E-state index is -0.867. The third-order valence-corrected chi connectivity index (χ3v) is 8.56. The molecule has 0 amide bonds. The summed E-state index contributed by atoms with van der Waals surface area (Å²) in [6, 6.07) is 20.5. The Balaban J connectivity index is 1.31. The van der Waals surface area contributed by atoms with Crippen molar-refractivity contribution in [3.63, 3.8) is 0 Å². The maximum absolute atomic E-state index is 9.77. The summed E-state index contributed by atoms with van der Waals surface area (Å²) in [6.07, 6.45) is 0. The molecule has 1 nitrogen and oxygen atoms in total. The summed E-state index contributed by atoms with van der Waals surface area (Å²) in [5, 5.41) is 3.44. The van der Waals surface area contributed by atoms with Gasteiger partial charge in [-0.25, -0.2) is 0 Å². The monoisotopic (exact) mass is 666 g/mol. The number of benzene rings is 9. The zero-order chi connectivity index (χ0) is 48.8. The SMILES string of the molecule is [2H]c1c([2H])c([2H])c(-c2c([2H])c([2H])c(-c3c([2H])c([2H])c(N(c4ccc(-c5ccc6ccccc6c5)cc4)c4c([2H])c([2H])c([2H])c(-c5cccc6ccccc56)c4[2H])c([2H])c3[2H])c([2H])c2[2H])c([2H])c1[2H]. The Labute approximate surface area is 323 Å². The van der Waals surface area contributed by atoms with Crippen molar-refractivity contribution in [1.82, 2.24) is 0 Å². The molecule has 0 aliphatic heterocycles. The summed E-state index contributed by atoms with van der Waals surface area (Å²) in [7, 11) is 0. The van der Waals surface area contributed by atoms with Crippen LogP contribution in [0.1, 0.15) is 23.3 Å². The molecule has 0 unspecified atom stereocenters. The topological polar surface area (TPSA) is 3.24 Å². The molecule has 240 valence electrons. The second-order valence-electron chi connectivity index (χ2n) is 11.7. The van der Waals surface area contributed by atoms with Gasteiger partial charge in [0, 0.05) is 17.1 Å². The van der Waals surface area contributed by atoms with Crippen molar-refractivity contribution < 1.29 is 23.3 Å². The standard InChI is InChI=1S/C50H35N/c1-2-10-36(11-3-1)38-20-22-39(23-21-38)40-26-30-46(31-27-40)51(47-32-28-41(29-33-47)44-25-24-37-12-4-5-14-43(37)34-44)48-17-8-16-45(35-48)50-19-9-15-42-13-6-7-18-49(42)50/h1-35H/i1D,2D,3D,8D,10D,11D,16D,17D,20D,21D,22D,23D,26D,27D,30D,31D,35D. The molecule has 0 aliphatic rings. The molecule has 0 saturated carbocycles. The second kappa shape index (κ2) is 13.3. The number of nitrogens with zero attached hydrogens (tertiary/aromatic N) is 1. The smallest absolute Gasteiger partial charge is 0.0651 e. The van der Waals surface area contributed by atoms with Gasteiger partial charge in [-0.2, -0.15) is 0 Å². The normalized spacial score (nSPS) is 15.8. The molecule has 0 aromatic heterocycles. The van der Waals surface area contributed by atoms with E-state index in [4.69, 9.17) is 15.1 Å². The third-order valence-electron chi connectivity index (χ3n) is 8.56. The van der Waals surface area contributed by atoms with Crippen LogP contribution in [0.3, 0.4) is 0 Å². The quantitative estimate of drug-likeness (QED) is 0.164. The van der Waals surface area contributed by atoms with E-state index in [0.29, 0.717) is 10.9 Å². The molecule has 9 rings (SSSR count). The highest BCUT2D eigenvalue weighted by molar-refractivity contribution is 5.97. The minimum absolute atomic E-state index is 0.0229. The Morgan fingerprint density at radius 3 is 1.67 bits per heavy atom. The van der Waals surface area contributed by atoms with Crippen LogP contribution in [0.25, 0.3) is 66.1 Å². The molecular weight excluding hydrogens is 615 g/mol. The first kappa shape index (κ1) is 17.3. The van der Waals surface area contributed by atoms with Crippen LogP contribution >= 0.6 is 0 Å². The summed E-state index contributed by atoms with van der Waals surface area (Å²) in [5.74, 6) is 0. The molecule has 51 heavy (non-hydrogen) atoms. The lowest BCUT2D eigenvalue weighted by molar-refractivity contribution is 1.28. The fourth-order valence-corrected chi connectivity index (χ4v) is 6.05. The van der Waals surface area contributed by atoms with Crippen molar-refractivity contribution in [1.29, 1.82) is 0 Å². The van der Waals surface area contributed by atoms with Crippen molar-refractivity contribution in [3.05, 3.63) is 212 Å². The number of hydrogen-bond donors (Lipinski definition) is 0. The van der Waals surface area contributed by atoms with E-state index in [1.807, 2.05) is 60.7 Å². The van der Waals surface area contributed by atoms with Crippen molar-refractivity contribution in [2.75, 3.05) is 4.90 Å². The van der Waals surface area contributed by atoms with Gasteiger partial charge in [0.25, 0.3) is 0 Å². The molecule has 0 fully saturated rings. The average molecular weight is 667 g/mol. The molecule has 0 radical (unpaired) electrons. The maximum atomic E-state index is 9.77. The Bertz CT molecular complexity index is 3520. The molecule has 0 N–H and O–H groups in total. The largest absolute Gasteiger partial charge is 0.310 e. The summed E-state index contributed by atoms with van der Waals surface area (Å²) in [4.78, 5) is 1.17. The molecule has 1 heteroatoms. The Hall–Kier alpha value is -6.70. The van der Waals surface area contributed by atoms with Gasteiger partial charge in [-0.1, -0.05) is 170 Å². The van der Waals surface area contributed by atoms with Gasteiger partial charge in [0.2, 0.25) is 0 Å².